The number of nitro benzene ring substituents is 1. The largest absolute Gasteiger partial charge is 0.490 e. The molecule has 0 unspecified atom stereocenters. The van der Waals surface area contributed by atoms with Crippen LogP contribution in [-0.4, -0.2) is 23.7 Å². The van der Waals surface area contributed by atoms with E-state index in [0.29, 0.717) is 5.69 Å². The van der Waals surface area contributed by atoms with Gasteiger partial charge < -0.3 is 15.2 Å². The second-order valence-electron chi connectivity index (χ2n) is 4.71. The van der Waals surface area contributed by atoms with Crippen molar-refractivity contribution in [1.82, 2.24) is 0 Å². The van der Waals surface area contributed by atoms with E-state index in [9.17, 15) is 24.0 Å². The molecular weight excluding hydrogens is 310 g/mol. The molecule has 0 aliphatic carbocycles. The van der Waals surface area contributed by atoms with Crippen molar-refractivity contribution < 1.29 is 23.5 Å². The van der Waals surface area contributed by atoms with Gasteiger partial charge in [0.1, 0.15) is 0 Å². The first-order valence-corrected chi connectivity index (χ1v) is 6.61. The van der Waals surface area contributed by atoms with Crippen LogP contribution < -0.4 is 10.1 Å². The molecule has 0 saturated heterocycles. The third-order valence-corrected chi connectivity index (χ3v) is 3.20. The van der Waals surface area contributed by atoms with E-state index in [-0.39, 0.29) is 23.5 Å². The minimum atomic E-state index is -1.08. The molecule has 6 nitrogen and oxygen atoms in total. The summed E-state index contributed by atoms with van der Waals surface area (Å²) in [6, 6.07) is 7.27. The molecule has 8 heteroatoms. The fraction of sp³-hybridized carbons (Fsp3) is 0.200. The van der Waals surface area contributed by atoms with Gasteiger partial charge in [-0.2, -0.15) is 0 Å². The van der Waals surface area contributed by atoms with E-state index >= 15 is 0 Å². The van der Waals surface area contributed by atoms with Crippen LogP contribution in [0.2, 0.25) is 0 Å². The minimum Gasteiger partial charge on any atom is -0.490 e. The lowest BCUT2D eigenvalue weighted by atomic mass is 10.1. The summed E-state index contributed by atoms with van der Waals surface area (Å²) in [5, 5.41) is 23.6. The molecule has 0 saturated carbocycles. The maximum Gasteiger partial charge on any atom is 0.311 e. The van der Waals surface area contributed by atoms with Crippen molar-refractivity contribution in [1.29, 1.82) is 0 Å². The number of rotatable bonds is 6. The van der Waals surface area contributed by atoms with E-state index in [2.05, 4.69) is 5.32 Å². The average molecular weight is 324 g/mol. The summed E-state index contributed by atoms with van der Waals surface area (Å²) in [6.07, 6.45) is -1.08. The molecule has 0 spiro atoms. The number of nitrogens with zero attached hydrogens (tertiary/aromatic N) is 1. The van der Waals surface area contributed by atoms with Gasteiger partial charge in [0.15, 0.2) is 17.4 Å². The van der Waals surface area contributed by atoms with Crippen molar-refractivity contribution >= 4 is 11.4 Å². The molecule has 0 fully saturated rings. The molecule has 0 heterocycles. The third-order valence-electron chi connectivity index (χ3n) is 3.20. The van der Waals surface area contributed by atoms with Gasteiger partial charge >= 0.3 is 5.69 Å². The molecule has 122 valence electrons. The van der Waals surface area contributed by atoms with Gasteiger partial charge in [-0.25, -0.2) is 8.78 Å². The molecular formula is C15H14F2N2O4. The maximum atomic E-state index is 13.1. The highest BCUT2D eigenvalue weighted by Crippen LogP contribution is 2.30. The summed E-state index contributed by atoms with van der Waals surface area (Å²) in [5.74, 6) is -1.96. The highest BCUT2D eigenvalue weighted by molar-refractivity contribution is 5.58. The first kappa shape index (κ1) is 16.6. The quantitative estimate of drug-likeness (QED) is 0.630. The smallest absolute Gasteiger partial charge is 0.311 e. The molecule has 2 aromatic carbocycles. The Hall–Kier alpha value is -2.74. The van der Waals surface area contributed by atoms with Crippen molar-refractivity contribution in [2.45, 2.75) is 6.10 Å². The number of methoxy groups -OCH3 is 1. The summed E-state index contributed by atoms with van der Waals surface area (Å²) in [5.41, 5.74) is 0.513. The van der Waals surface area contributed by atoms with E-state index in [0.717, 1.165) is 12.1 Å². The van der Waals surface area contributed by atoms with Crippen LogP contribution in [0.4, 0.5) is 20.2 Å². The Morgan fingerprint density at radius 2 is 2.00 bits per heavy atom. The van der Waals surface area contributed by atoms with Gasteiger partial charge in [0.25, 0.3) is 0 Å². The summed E-state index contributed by atoms with van der Waals surface area (Å²) in [4.78, 5) is 10.2. The maximum absolute atomic E-state index is 13.1. The number of aliphatic hydroxyl groups is 1. The monoisotopic (exact) mass is 324 g/mol. The van der Waals surface area contributed by atoms with Crippen LogP contribution in [-0.2, 0) is 0 Å². The van der Waals surface area contributed by atoms with Gasteiger partial charge in [-0.15, -0.1) is 0 Å². The van der Waals surface area contributed by atoms with Crippen LogP contribution in [0.5, 0.6) is 5.75 Å². The van der Waals surface area contributed by atoms with Crippen LogP contribution in [0.15, 0.2) is 36.4 Å². The van der Waals surface area contributed by atoms with E-state index < -0.39 is 22.7 Å². The lowest BCUT2D eigenvalue weighted by molar-refractivity contribution is -0.385. The van der Waals surface area contributed by atoms with Crippen LogP contribution in [0, 0.1) is 21.7 Å². The zero-order valence-corrected chi connectivity index (χ0v) is 12.1. The summed E-state index contributed by atoms with van der Waals surface area (Å²) in [6.45, 7) is 0.00599. The van der Waals surface area contributed by atoms with Crippen LogP contribution in [0.1, 0.15) is 11.7 Å². The standard InChI is InChI=1S/C15H14F2N2O4/c1-23-15-7-10(3-5-13(15)19(21)22)18-8-14(20)9-2-4-11(16)12(17)6-9/h2-7,14,18,20H,8H2,1H3/t14-/m0/s1. The number of anilines is 1. The van der Waals surface area contributed by atoms with E-state index in [1.165, 1.54) is 31.4 Å². The summed E-state index contributed by atoms with van der Waals surface area (Å²) in [7, 11) is 1.31. The zero-order valence-electron chi connectivity index (χ0n) is 12.1. The summed E-state index contributed by atoms with van der Waals surface area (Å²) >= 11 is 0. The Balaban J connectivity index is 2.08. The van der Waals surface area contributed by atoms with Crippen molar-refractivity contribution in [2.75, 3.05) is 19.0 Å². The number of nitro groups is 1. The molecule has 0 radical (unpaired) electrons. The SMILES string of the molecule is COc1cc(NC[C@H](O)c2ccc(F)c(F)c2)ccc1[N+](=O)[O-]. The Labute approximate surface area is 130 Å². The molecule has 2 N–H and O–H groups in total. The van der Waals surface area contributed by atoms with Crippen molar-refractivity contribution in [3.63, 3.8) is 0 Å². The Bertz CT molecular complexity index is 725. The molecule has 0 amide bonds. The number of nitrogens with one attached hydrogen (secondary N) is 1. The fourth-order valence-electron chi connectivity index (χ4n) is 1.99. The van der Waals surface area contributed by atoms with E-state index in [1.807, 2.05) is 0 Å². The molecule has 2 rings (SSSR count). The third kappa shape index (κ3) is 3.92. The van der Waals surface area contributed by atoms with Gasteiger partial charge in [0.05, 0.1) is 18.1 Å². The van der Waals surface area contributed by atoms with Crippen LogP contribution in [0.25, 0.3) is 0 Å². The van der Waals surface area contributed by atoms with E-state index in [1.54, 1.807) is 0 Å². The molecule has 2 aromatic rings. The second kappa shape index (κ2) is 7.01. The lowest BCUT2D eigenvalue weighted by Gasteiger charge is -2.14. The first-order valence-electron chi connectivity index (χ1n) is 6.61. The highest BCUT2D eigenvalue weighted by atomic mass is 19.2. The zero-order chi connectivity index (χ0) is 17.0. The van der Waals surface area contributed by atoms with Crippen molar-refractivity contribution in [3.05, 3.63) is 63.7 Å². The van der Waals surface area contributed by atoms with Gasteiger partial charge in [-0.1, -0.05) is 6.07 Å². The molecule has 0 bridgehead atoms. The Morgan fingerprint density at radius 1 is 1.26 bits per heavy atom. The fourth-order valence-corrected chi connectivity index (χ4v) is 1.99. The Morgan fingerprint density at radius 3 is 2.61 bits per heavy atom. The average Bonchev–Trinajstić information content (AvgIpc) is 2.54. The molecule has 0 aliphatic rings. The van der Waals surface area contributed by atoms with Gasteiger partial charge in [-0.3, -0.25) is 10.1 Å². The van der Waals surface area contributed by atoms with Gasteiger partial charge in [0.2, 0.25) is 0 Å². The predicted octanol–water partition coefficient (Wildman–Crippen LogP) is 3.03. The van der Waals surface area contributed by atoms with Crippen LogP contribution >= 0.6 is 0 Å². The highest BCUT2D eigenvalue weighted by Gasteiger charge is 2.15. The lowest BCUT2D eigenvalue weighted by Crippen LogP contribution is -2.12. The summed E-state index contributed by atoms with van der Waals surface area (Å²) < 4.78 is 30.9. The molecule has 23 heavy (non-hydrogen) atoms. The van der Waals surface area contributed by atoms with E-state index in [4.69, 9.17) is 4.74 Å². The minimum absolute atomic E-state index is 0.00599. The number of halogens is 2. The van der Waals surface area contributed by atoms with Crippen LogP contribution in [0.3, 0.4) is 0 Å². The molecule has 0 aromatic heterocycles. The topological polar surface area (TPSA) is 84.6 Å². The number of hydrogen-bond acceptors (Lipinski definition) is 5. The predicted molar refractivity (Wildman–Crippen MR) is 79.5 cm³/mol. The number of hydrogen-bond donors (Lipinski definition) is 2. The van der Waals surface area contributed by atoms with Gasteiger partial charge in [0, 0.05) is 24.4 Å². The van der Waals surface area contributed by atoms with Crippen molar-refractivity contribution in [2.24, 2.45) is 0 Å². The molecule has 1 atom stereocenters. The Kier molecular flexibility index (Phi) is 5.07. The molecule has 0 aliphatic heterocycles. The van der Waals surface area contributed by atoms with Gasteiger partial charge in [-0.05, 0) is 23.8 Å². The second-order valence-corrected chi connectivity index (χ2v) is 4.71. The number of ether oxygens (including phenoxy) is 1. The normalized spacial score (nSPS) is 11.8. The number of aliphatic hydroxyl groups excluding tert-OH is 1. The van der Waals surface area contributed by atoms with Crippen molar-refractivity contribution in [3.8, 4) is 5.75 Å². The number of benzene rings is 2. The first-order chi connectivity index (χ1) is 10.9.